The van der Waals surface area contributed by atoms with Crippen LogP contribution in [0, 0.1) is 5.92 Å². The quantitative estimate of drug-likeness (QED) is 0.417. The molecule has 3 nitrogen and oxygen atoms in total. The van der Waals surface area contributed by atoms with Crippen LogP contribution in [0.15, 0.2) is 37.0 Å². The van der Waals surface area contributed by atoms with E-state index in [2.05, 4.69) is 41.4 Å². The van der Waals surface area contributed by atoms with Gasteiger partial charge in [-0.1, -0.05) is 45.2 Å². The van der Waals surface area contributed by atoms with E-state index in [4.69, 9.17) is 0 Å². The van der Waals surface area contributed by atoms with E-state index in [0.717, 1.165) is 19.0 Å². The average molecular weight is 350 g/mol. The summed E-state index contributed by atoms with van der Waals surface area (Å²) >= 11 is 0. The van der Waals surface area contributed by atoms with Crippen molar-refractivity contribution >= 4 is 0 Å². The van der Waals surface area contributed by atoms with Crippen LogP contribution in [0.25, 0.3) is 0 Å². The molecule has 146 valence electrons. The van der Waals surface area contributed by atoms with Gasteiger partial charge in [-0.25, -0.2) is 0 Å². The number of unbranched alkanes of at least 4 members (excludes halogenated alkanes) is 1. The lowest BCUT2D eigenvalue weighted by Gasteiger charge is -2.33. The van der Waals surface area contributed by atoms with Crippen LogP contribution in [0.4, 0.5) is 0 Å². The van der Waals surface area contributed by atoms with Gasteiger partial charge in [0.1, 0.15) is 0 Å². The van der Waals surface area contributed by atoms with Gasteiger partial charge in [-0.15, -0.1) is 0 Å². The monoisotopic (exact) mass is 349 g/mol. The van der Waals surface area contributed by atoms with Gasteiger partial charge in [0.2, 0.25) is 0 Å². The Morgan fingerprint density at radius 3 is 2.40 bits per heavy atom. The number of nitrogens with zero attached hydrogens (tertiary/aromatic N) is 2. The molecule has 1 fully saturated rings. The van der Waals surface area contributed by atoms with Gasteiger partial charge in [0.25, 0.3) is 0 Å². The highest BCUT2D eigenvalue weighted by Crippen LogP contribution is 2.21. The van der Waals surface area contributed by atoms with Crippen molar-refractivity contribution in [2.45, 2.75) is 46.0 Å². The lowest BCUT2D eigenvalue weighted by molar-refractivity contribution is 0.179. The second-order valence-corrected chi connectivity index (χ2v) is 6.80. The standard InChI is InChI=1S/C20H37N3.C2H6/c1-5-9-19(6-2)18-23-16-11-20(12-17-23)10-15-22(4)14-8-7-13-21-3;1-2/h5-6,9,20-21H,1-2,7-8,10-18H2,3-4H3;1-2H3/b19-9+;. The first-order valence-corrected chi connectivity index (χ1v) is 10.2. The highest BCUT2D eigenvalue weighted by molar-refractivity contribution is 5.22. The summed E-state index contributed by atoms with van der Waals surface area (Å²) in [6.07, 6.45) is 12.5. The molecule has 1 rings (SSSR count). The fourth-order valence-electron chi connectivity index (χ4n) is 3.23. The van der Waals surface area contributed by atoms with Gasteiger partial charge in [0.15, 0.2) is 0 Å². The first-order valence-electron chi connectivity index (χ1n) is 10.2. The zero-order chi connectivity index (χ0) is 18.9. The van der Waals surface area contributed by atoms with Crippen LogP contribution in [0.3, 0.4) is 0 Å². The van der Waals surface area contributed by atoms with Crippen LogP contribution in [0.5, 0.6) is 0 Å². The number of hydrogen-bond acceptors (Lipinski definition) is 3. The van der Waals surface area contributed by atoms with Crippen molar-refractivity contribution in [1.82, 2.24) is 15.1 Å². The molecular formula is C22H43N3. The molecule has 0 aromatic rings. The molecule has 0 aliphatic carbocycles. The molecule has 0 amide bonds. The van der Waals surface area contributed by atoms with Crippen molar-refractivity contribution in [3.63, 3.8) is 0 Å². The molecule has 0 atom stereocenters. The minimum Gasteiger partial charge on any atom is -0.320 e. The number of rotatable bonds is 12. The summed E-state index contributed by atoms with van der Waals surface area (Å²) in [5.74, 6) is 0.904. The van der Waals surface area contributed by atoms with Crippen LogP contribution >= 0.6 is 0 Å². The molecule has 0 unspecified atom stereocenters. The molecule has 0 aromatic heterocycles. The van der Waals surface area contributed by atoms with Gasteiger partial charge in [-0.05, 0) is 90.4 Å². The zero-order valence-electron chi connectivity index (χ0n) is 17.4. The van der Waals surface area contributed by atoms with Crippen LogP contribution < -0.4 is 5.32 Å². The molecule has 0 bridgehead atoms. The summed E-state index contributed by atoms with van der Waals surface area (Å²) in [5.41, 5.74) is 1.28. The lowest BCUT2D eigenvalue weighted by Crippen LogP contribution is -2.36. The Morgan fingerprint density at radius 2 is 1.84 bits per heavy atom. The predicted molar refractivity (Wildman–Crippen MR) is 114 cm³/mol. The molecule has 3 heteroatoms. The molecule has 1 saturated heterocycles. The van der Waals surface area contributed by atoms with E-state index in [0.29, 0.717) is 0 Å². The Balaban J connectivity index is 0.00000277. The number of allylic oxidation sites excluding steroid dienone is 2. The first-order chi connectivity index (χ1) is 12.2. The zero-order valence-corrected chi connectivity index (χ0v) is 17.4. The van der Waals surface area contributed by atoms with E-state index in [9.17, 15) is 0 Å². The Labute approximate surface area is 157 Å². The Morgan fingerprint density at radius 1 is 1.16 bits per heavy atom. The molecule has 0 aromatic carbocycles. The van der Waals surface area contributed by atoms with Gasteiger partial charge >= 0.3 is 0 Å². The maximum absolute atomic E-state index is 3.89. The second kappa shape index (κ2) is 16.6. The third kappa shape index (κ3) is 12.1. The number of hydrogen-bond donors (Lipinski definition) is 1. The molecule has 1 heterocycles. The SMILES string of the molecule is C=C/C=C(\C=C)CN1CCC(CCN(C)CCCCNC)CC1.CC. The molecule has 0 spiro atoms. The smallest absolute Gasteiger partial charge is 0.0233 e. The predicted octanol–water partition coefficient (Wildman–Crippen LogP) is 4.34. The maximum Gasteiger partial charge on any atom is 0.0233 e. The van der Waals surface area contributed by atoms with E-state index in [1.165, 1.54) is 63.9 Å². The largest absolute Gasteiger partial charge is 0.320 e. The van der Waals surface area contributed by atoms with Gasteiger partial charge < -0.3 is 10.2 Å². The first kappa shape index (κ1) is 24.1. The lowest BCUT2D eigenvalue weighted by atomic mass is 9.93. The van der Waals surface area contributed by atoms with Crippen molar-refractivity contribution < 1.29 is 0 Å². The van der Waals surface area contributed by atoms with E-state index < -0.39 is 0 Å². The molecule has 1 N–H and O–H groups in total. The Bertz CT molecular complexity index is 354. The second-order valence-electron chi connectivity index (χ2n) is 6.80. The summed E-state index contributed by atoms with van der Waals surface area (Å²) < 4.78 is 0. The van der Waals surface area contributed by atoms with E-state index in [1.54, 1.807) is 0 Å². The topological polar surface area (TPSA) is 18.5 Å². The summed E-state index contributed by atoms with van der Waals surface area (Å²) in [6, 6.07) is 0. The van der Waals surface area contributed by atoms with E-state index >= 15 is 0 Å². The van der Waals surface area contributed by atoms with Crippen molar-refractivity contribution in [1.29, 1.82) is 0 Å². The van der Waals surface area contributed by atoms with Gasteiger partial charge in [0, 0.05) is 6.54 Å². The maximum atomic E-state index is 3.89. The van der Waals surface area contributed by atoms with Gasteiger partial charge in [-0.3, -0.25) is 4.90 Å². The average Bonchev–Trinajstić information content (AvgIpc) is 2.66. The molecule has 25 heavy (non-hydrogen) atoms. The van der Waals surface area contributed by atoms with Gasteiger partial charge in [-0.2, -0.15) is 0 Å². The minimum absolute atomic E-state index is 0.904. The fraction of sp³-hybridized carbons (Fsp3) is 0.727. The fourth-order valence-corrected chi connectivity index (χ4v) is 3.23. The van der Waals surface area contributed by atoms with E-state index in [-0.39, 0.29) is 0 Å². The summed E-state index contributed by atoms with van der Waals surface area (Å²) in [6.45, 7) is 18.7. The molecule has 1 aliphatic rings. The third-order valence-electron chi connectivity index (χ3n) is 4.84. The van der Waals surface area contributed by atoms with E-state index in [1.807, 2.05) is 33.0 Å². The minimum atomic E-state index is 0.904. The normalized spacial score (nSPS) is 16.4. The van der Waals surface area contributed by atoms with Crippen LogP contribution in [-0.2, 0) is 0 Å². The highest BCUT2D eigenvalue weighted by Gasteiger charge is 2.19. The number of nitrogens with one attached hydrogen (secondary N) is 1. The van der Waals surface area contributed by atoms with Crippen molar-refractivity contribution in [3.05, 3.63) is 37.0 Å². The van der Waals surface area contributed by atoms with Crippen LogP contribution in [-0.4, -0.2) is 63.2 Å². The molecule has 1 aliphatic heterocycles. The number of likely N-dealkylation sites (tertiary alicyclic amines) is 1. The van der Waals surface area contributed by atoms with Crippen molar-refractivity contribution in [2.24, 2.45) is 5.92 Å². The Kier molecular flexibility index (Phi) is 16.0. The van der Waals surface area contributed by atoms with Crippen molar-refractivity contribution in [3.8, 4) is 0 Å². The molecule has 0 saturated carbocycles. The van der Waals surface area contributed by atoms with Crippen LogP contribution in [0.1, 0.15) is 46.0 Å². The summed E-state index contributed by atoms with van der Waals surface area (Å²) in [7, 11) is 4.30. The molecule has 0 radical (unpaired) electrons. The highest BCUT2D eigenvalue weighted by atomic mass is 15.1. The Hall–Kier alpha value is -0.900. The van der Waals surface area contributed by atoms with Crippen LogP contribution in [0.2, 0.25) is 0 Å². The summed E-state index contributed by atoms with van der Waals surface area (Å²) in [5, 5.41) is 3.22. The van der Waals surface area contributed by atoms with Crippen molar-refractivity contribution in [2.75, 3.05) is 53.4 Å². The third-order valence-corrected chi connectivity index (χ3v) is 4.84. The molecular weight excluding hydrogens is 306 g/mol. The van der Waals surface area contributed by atoms with Gasteiger partial charge in [0.05, 0.1) is 0 Å². The summed E-state index contributed by atoms with van der Waals surface area (Å²) in [4.78, 5) is 5.06. The number of piperidine rings is 1.